The summed E-state index contributed by atoms with van der Waals surface area (Å²) in [4.78, 5) is 4.50. The molecule has 108 valence electrons. The molecule has 0 radical (unpaired) electrons. The van der Waals surface area contributed by atoms with E-state index in [2.05, 4.69) is 29.7 Å². The van der Waals surface area contributed by atoms with Crippen molar-refractivity contribution in [3.05, 3.63) is 16.6 Å². The van der Waals surface area contributed by atoms with Crippen molar-refractivity contribution in [2.45, 2.75) is 58.3 Å². The summed E-state index contributed by atoms with van der Waals surface area (Å²) < 4.78 is 0. The van der Waals surface area contributed by atoms with E-state index in [-0.39, 0.29) is 0 Å². The third-order valence-electron chi connectivity index (χ3n) is 4.72. The second-order valence-electron chi connectivity index (χ2n) is 6.27. The van der Waals surface area contributed by atoms with E-state index in [0.717, 1.165) is 18.9 Å². The first-order valence-electron chi connectivity index (χ1n) is 7.80. The molecule has 0 aromatic carbocycles. The standard InChI is InChI=1S/C16H28N2S/c1-3-4-5-14-6-8-16(9-7-14,12-17-2)10-15-11-19-13-18-15/h11,13-14,17H,3-10,12H2,1-2H3. The van der Waals surface area contributed by atoms with Gasteiger partial charge in [-0.15, -0.1) is 11.3 Å². The molecule has 0 atom stereocenters. The lowest BCUT2D eigenvalue weighted by Gasteiger charge is -2.40. The van der Waals surface area contributed by atoms with E-state index < -0.39 is 0 Å². The summed E-state index contributed by atoms with van der Waals surface area (Å²) in [6.07, 6.45) is 11.0. The summed E-state index contributed by atoms with van der Waals surface area (Å²) in [5.41, 5.74) is 3.73. The smallest absolute Gasteiger partial charge is 0.0794 e. The zero-order chi connectivity index (χ0) is 13.6. The van der Waals surface area contributed by atoms with E-state index in [1.165, 1.54) is 50.6 Å². The van der Waals surface area contributed by atoms with Crippen LogP contribution < -0.4 is 5.32 Å². The molecule has 0 unspecified atom stereocenters. The Bertz CT molecular complexity index is 340. The molecule has 1 aromatic rings. The Morgan fingerprint density at radius 1 is 1.42 bits per heavy atom. The van der Waals surface area contributed by atoms with Crippen LogP contribution in [0.15, 0.2) is 10.9 Å². The molecule has 0 amide bonds. The summed E-state index contributed by atoms with van der Waals surface area (Å²) in [6, 6.07) is 0. The van der Waals surface area contributed by atoms with Crippen LogP contribution in [0.25, 0.3) is 0 Å². The molecule has 0 saturated heterocycles. The maximum absolute atomic E-state index is 4.50. The highest BCUT2D eigenvalue weighted by atomic mass is 32.1. The fourth-order valence-electron chi connectivity index (χ4n) is 3.57. The first-order chi connectivity index (χ1) is 9.28. The van der Waals surface area contributed by atoms with Crippen molar-refractivity contribution in [2.75, 3.05) is 13.6 Å². The van der Waals surface area contributed by atoms with E-state index in [4.69, 9.17) is 0 Å². The van der Waals surface area contributed by atoms with Crippen LogP contribution >= 0.6 is 11.3 Å². The van der Waals surface area contributed by atoms with Gasteiger partial charge in [-0.1, -0.05) is 26.2 Å². The highest BCUT2D eigenvalue weighted by Crippen LogP contribution is 2.42. The van der Waals surface area contributed by atoms with Gasteiger partial charge in [-0.3, -0.25) is 0 Å². The molecule has 1 aromatic heterocycles. The van der Waals surface area contributed by atoms with Gasteiger partial charge >= 0.3 is 0 Å². The number of thiazole rings is 1. The van der Waals surface area contributed by atoms with Crippen LogP contribution in [0.5, 0.6) is 0 Å². The van der Waals surface area contributed by atoms with Crippen molar-refractivity contribution in [2.24, 2.45) is 11.3 Å². The molecule has 1 aliphatic carbocycles. The summed E-state index contributed by atoms with van der Waals surface area (Å²) in [5.74, 6) is 0.986. The predicted molar refractivity (Wildman–Crippen MR) is 83.7 cm³/mol. The molecular formula is C16H28N2S. The van der Waals surface area contributed by atoms with Crippen molar-refractivity contribution in [3.8, 4) is 0 Å². The van der Waals surface area contributed by atoms with Crippen LogP contribution in [0.4, 0.5) is 0 Å². The first-order valence-corrected chi connectivity index (χ1v) is 8.74. The van der Waals surface area contributed by atoms with Crippen molar-refractivity contribution >= 4 is 11.3 Å². The fourth-order valence-corrected chi connectivity index (χ4v) is 4.13. The lowest BCUT2D eigenvalue weighted by Crippen LogP contribution is -2.38. The van der Waals surface area contributed by atoms with Crippen LogP contribution in [0.2, 0.25) is 0 Å². The summed E-state index contributed by atoms with van der Waals surface area (Å²) in [6.45, 7) is 3.45. The Labute approximate surface area is 122 Å². The maximum Gasteiger partial charge on any atom is 0.0794 e. The van der Waals surface area contributed by atoms with Gasteiger partial charge in [0.25, 0.3) is 0 Å². The van der Waals surface area contributed by atoms with Gasteiger partial charge < -0.3 is 5.32 Å². The maximum atomic E-state index is 4.50. The van der Waals surface area contributed by atoms with E-state index in [1.807, 2.05) is 5.51 Å². The van der Waals surface area contributed by atoms with Crippen LogP contribution in [0.1, 0.15) is 57.6 Å². The van der Waals surface area contributed by atoms with Crippen LogP contribution in [0, 0.1) is 11.3 Å². The average Bonchev–Trinajstić information content (AvgIpc) is 2.91. The molecule has 19 heavy (non-hydrogen) atoms. The third kappa shape index (κ3) is 4.28. The molecule has 1 aliphatic rings. The molecule has 0 spiro atoms. The molecular weight excluding hydrogens is 252 g/mol. The van der Waals surface area contributed by atoms with Gasteiger partial charge in [0, 0.05) is 11.9 Å². The predicted octanol–water partition coefficient (Wildman–Crippen LogP) is 4.27. The second-order valence-corrected chi connectivity index (χ2v) is 6.99. The van der Waals surface area contributed by atoms with Gasteiger partial charge in [0.1, 0.15) is 0 Å². The van der Waals surface area contributed by atoms with Gasteiger partial charge in [0.2, 0.25) is 0 Å². The van der Waals surface area contributed by atoms with Crippen LogP contribution in [0.3, 0.4) is 0 Å². The minimum absolute atomic E-state index is 0.464. The molecule has 3 heteroatoms. The minimum atomic E-state index is 0.464. The molecule has 1 N–H and O–H groups in total. The SMILES string of the molecule is CCCCC1CCC(CNC)(Cc2cscn2)CC1. The lowest BCUT2D eigenvalue weighted by molar-refractivity contribution is 0.140. The van der Waals surface area contributed by atoms with Crippen molar-refractivity contribution < 1.29 is 0 Å². The van der Waals surface area contributed by atoms with Crippen molar-refractivity contribution in [1.82, 2.24) is 10.3 Å². The Balaban J connectivity index is 1.91. The number of nitrogens with zero attached hydrogens (tertiary/aromatic N) is 1. The molecule has 2 rings (SSSR count). The number of aromatic nitrogens is 1. The number of hydrogen-bond donors (Lipinski definition) is 1. The van der Waals surface area contributed by atoms with E-state index in [9.17, 15) is 0 Å². The molecule has 1 fully saturated rings. The highest BCUT2D eigenvalue weighted by molar-refractivity contribution is 7.07. The largest absolute Gasteiger partial charge is 0.319 e. The average molecular weight is 280 g/mol. The van der Waals surface area contributed by atoms with Crippen molar-refractivity contribution in [1.29, 1.82) is 0 Å². The lowest BCUT2D eigenvalue weighted by atomic mass is 9.67. The second kappa shape index (κ2) is 7.39. The number of unbranched alkanes of at least 4 members (excludes halogenated alkanes) is 1. The van der Waals surface area contributed by atoms with Crippen molar-refractivity contribution in [3.63, 3.8) is 0 Å². The van der Waals surface area contributed by atoms with Crippen LogP contribution in [-0.4, -0.2) is 18.6 Å². The normalized spacial score (nSPS) is 27.6. The number of hydrogen-bond acceptors (Lipinski definition) is 3. The Hall–Kier alpha value is -0.410. The molecule has 0 bridgehead atoms. The minimum Gasteiger partial charge on any atom is -0.319 e. The van der Waals surface area contributed by atoms with E-state index in [0.29, 0.717) is 5.41 Å². The zero-order valence-corrected chi connectivity index (χ0v) is 13.3. The topological polar surface area (TPSA) is 24.9 Å². The fraction of sp³-hybridized carbons (Fsp3) is 0.812. The Kier molecular flexibility index (Phi) is 5.83. The highest BCUT2D eigenvalue weighted by Gasteiger charge is 2.35. The van der Waals surface area contributed by atoms with Gasteiger partial charge in [0.05, 0.1) is 11.2 Å². The third-order valence-corrected chi connectivity index (χ3v) is 5.36. The Morgan fingerprint density at radius 3 is 2.79 bits per heavy atom. The van der Waals surface area contributed by atoms with Crippen LogP contribution in [-0.2, 0) is 6.42 Å². The first kappa shape index (κ1) is 15.0. The molecule has 0 aliphatic heterocycles. The quantitative estimate of drug-likeness (QED) is 0.806. The van der Waals surface area contributed by atoms with E-state index in [1.54, 1.807) is 11.3 Å². The van der Waals surface area contributed by atoms with E-state index >= 15 is 0 Å². The van der Waals surface area contributed by atoms with Gasteiger partial charge in [-0.2, -0.15) is 0 Å². The van der Waals surface area contributed by atoms with Gasteiger partial charge in [-0.05, 0) is 50.5 Å². The monoisotopic (exact) mass is 280 g/mol. The summed E-state index contributed by atoms with van der Waals surface area (Å²) in [7, 11) is 2.09. The number of rotatable bonds is 7. The Morgan fingerprint density at radius 2 is 2.21 bits per heavy atom. The summed E-state index contributed by atoms with van der Waals surface area (Å²) >= 11 is 1.73. The van der Waals surface area contributed by atoms with Gasteiger partial charge in [-0.25, -0.2) is 4.98 Å². The number of nitrogens with one attached hydrogen (secondary N) is 1. The molecule has 1 heterocycles. The molecule has 1 saturated carbocycles. The molecule has 2 nitrogen and oxygen atoms in total. The zero-order valence-electron chi connectivity index (χ0n) is 12.5. The summed E-state index contributed by atoms with van der Waals surface area (Å²) in [5, 5.41) is 5.65. The van der Waals surface area contributed by atoms with Gasteiger partial charge in [0.15, 0.2) is 0 Å².